The van der Waals surface area contributed by atoms with Crippen molar-refractivity contribution >= 4 is 11.0 Å². The number of fused-ring (bicyclic) bond motifs is 1. The molecule has 2 heterocycles. The van der Waals surface area contributed by atoms with Gasteiger partial charge in [0.05, 0.1) is 11.4 Å². The van der Waals surface area contributed by atoms with Crippen LogP contribution in [0.5, 0.6) is 0 Å². The summed E-state index contributed by atoms with van der Waals surface area (Å²) in [5, 5.41) is 14.4. The highest BCUT2D eigenvalue weighted by Crippen LogP contribution is 2.20. The monoisotopic (exact) mass is 234 g/mol. The van der Waals surface area contributed by atoms with E-state index in [9.17, 15) is 0 Å². The van der Waals surface area contributed by atoms with E-state index in [2.05, 4.69) is 16.2 Å². The quantitative estimate of drug-likeness (QED) is 0.650. The summed E-state index contributed by atoms with van der Waals surface area (Å²) in [4.78, 5) is 4.33. The van der Waals surface area contributed by atoms with E-state index in [0.29, 0.717) is 5.69 Å². The molecular weight excluding hydrogens is 224 g/mol. The van der Waals surface area contributed by atoms with Crippen molar-refractivity contribution in [3.05, 3.63) is 53.9 Å². The number of benzene rings is 1. The first-order valence-corrected chi connectivity index (χ1v) is 5.61. The third-order valence-corrected chi connectivity index (χ3v) is 2.83. The maximum atomic E-state index is 8.92. The molecule has 0 N–H and O–H groups in total. The summed E-state index contributed by atoms with van der Waals surface area (Å²) >= 11 is 0. The van der Waals surface area contributed by atoms with Gasteiger partial charge in [0.1, 0.15) is 11.8 Å². The molecule has 4 nitrogen and oxygen atoms in total. The molecule has 3 rings (SSSR count). The van der Waals surface area contributed by atoms with Crippen LogP contribution in [0.1, 0.15) is 11.4 Å². The minimum Gasteiger partial charge on any atom is -0.217 e. The number of nitriles is 1. The summed E-state index contributed by atoms with van der Waals surface area (Å²) in [5.41, 5.74) is 2.97. The van der Waals surface area contributed by atoms with Gasteiger partial charge in [-0.15, -0.1) is 0 Å². The van der Waals surface area contributed by atoms with Crippen LogP contribution < -0.4 is 0 Å². The summed E-state index contributed by atoms with van der Waals surface area (Å²) in [5.74, 6) is 0. The molecule has 0 saturated heterocycles. The van der Waals surface area contributed by atoms with Gasteiger partial charge in [0, 0.05) is 5.39 Å². The van der Waals surface area contributed by atoms with Crippen LogP contribution in [0.3, 0.4) is 0 Å². The van der Waals surface area contributed by atoms with E-state index in [1.165, 1.54) is 0 Å². The number of nitrogens with zero attached hydrogens (tertiary/aromatic N) is 4. The van der Waals surface area contributed by atoms with Gasteiger partial charge in [-0.3, -0.25) is 0 Å². The largest absolute Gasteiger partial charge is 0.217 e. The topological polar surface area (TPSA) is 54.5 Å². The minimum atomic E-state index is 0.402. The van der Waals surface area contributed by atoms with Gasteiger partial charge in [0.2, 0.25) is 0 Å². The highest BCUT2D eigenvalue weighted by Gasteiger charge is 2.10. The van der Waals surface area contributed by atoms with Gasteiger partial charge in [-0.1, -0.05) is 18.2 Å². The fraction of sp³-hybridized carbons (Fsp3) is 0.0714. The molecule has 3 aromatic rings. The fourth-order valence-electron chi connectivity index (χ4n) is 1.95. The number of hydrogen-bond acceptors (Lipinski definition) is 3. The Morgan fingerprint density at radius 3 is 2.61 bits per heavy atom. The van der Waals surface area contributed by atoms with Crippen LogP contribution in [0.15, 0.2) is 42.5 Å². The van der Waals surface area contributed by atoms with E-state index in [1.54, 1.807) is 10.7 Å². The molecule has 0 aliphatic rings. The molecule has 0 atom stereocenters. The molecule has 0 radical (unpaired) electrons. The van der Waals surface area contributed by atoms with Crippen molar-refractivity contribution < 1.29 is 0 Å². The highest BCUT2D eigenvalue weighted by molar-refractivity contribution is 5.80. The predicted molar refractivity (Wildman–Crippen MR) is 68.3 cm³/mol. The number of aromatic nitrogens is 3. The van der Waals surface area contributed by atoms with Crippen molar-refractivity contribution in [1.29, 1.82) is 5.26 Å². The molecule has 4 heteroatoms. The van der Waals surface area contributed by atoms with Crippen molar-refractivity contribution in [2.75, 3.05) is 0 Å². The predicted octanol–water partition coefficient (Wildman–Crippen LogP) is 2.60. The Bertz CT molecular complexity index is 751. The summed E-state index contributed by atoms with van der Waals surface area (Å²) in [6.45, 7) is 1.94. The standard InChI is InChI=1S/C14H10N4/c1-10-13-8-7-11(9-15)16-14(13)18(17-10)12-5-3-2-4-6-12/h2-8H,1H3. The zero-order valence-electron chi connectivity index (χ0n) is 9.83. The summed E-state index contributed by atoms with van der Waals surface area (Å²) < 4.78 is 1.77. The average Bonchev–Trinajstić information content (AvgIpc) is 2.76. The zero-order chi connectivity index (χ0) is 12.5. The lowest BCUT2D eigenvalue weighted by atomic mass is 10.2. The molecule has 0 saturated carbocycles. The summed E-state index contributed by atoms with van der Waals surface area (Å²) in [6, 6.07) is 15.4. The van der Waals surface area contributed by atoms with Gasteiger partial charge < -0.3 is 0 Å². The molecule has 1 aromatic carbocycles. The van der Waals surface area contributed by atoms with Gasteiger partial charge in [0.25, 0.3) is 0 Å². The Morgan fingerprint density at radius 2 is 1.89 bits per heavy atom. The Morgan fingerprint density at radius 1 is 1.11 bits per heavy atom. The Kier molecular flexibility index (Phi) is 2.31. The van der Waals surface area contributed by atoms with E-state index < -0.39 is 0 Å². The zero-order valence-corrected chi connectivity index (χ0v) is 9.83. The number of aryl methyl sites for hydroxylation is 1. The molecule has 0 aliphatic carbocycles. The third kappa shape index (κ3) is 1.54. The van der Waals surface area contributed by atoms with E-state index >= 15 is 0 Å². The first-order chi connectivity index (χ1) is 8.79. The molecular formula is C14H10N4. The normalized spacial score (nSPS) is 10.4. The van der Waals surface area contributed by atoms with Gasteiger partial charge in [-0.2, -0.15) is 10.4 Å². The van der Waals surface area contributed by atoms with Gasteiger partial charge in [0.15, 0.2) is 5.65 Å². The molecule has 0 amide bonds. The molecule has 18 heavy (non-hydrogen) atoms. The molecule has 86 valence electrons. The number of hydrogen-bond donors (Lipinski definition) is 0. The van der Waals surface area contributed by atoms with E-state index in [0.717, 1.165) is 22.4 Å². The van der Waals surface area contributed by atoms with Crippen molar-refractivity contribution in [3.63, 3.8) is 0 Å². The Labute approximate surface area is 104 Å². The van der Waals surface area contributed by atoms with Crippen LogP contribution in [0.4, 0.5) is 0 Å². The summed E-state index contributed by atoms with van der Waals surface area (Å²) in [7, 11) is 0. The van der Waals surface area contributed by atoms with Crippen molar-refractivity contribution in [2.24, 2.45) is 0 Å². The second-order valence-corrected chi connectivity index (χ2v) is 4.01. The lowest BCUT2D eigenvalue weighted by Crippen LogP contribution is -1.98. The van der Waals surface area contributed by atoms with Crippen LogP contribution >= 0.6 is 0 Å². The fourth-order valence-corrected chi connectivity index (χ4v) is 1.95. The van der Waals surface area contributed by atoms with Gasteiger partial charge in [-0.05, 0) is 31.2 Å². The van der Waals surface area contributed by atoms with Crippen LogP contribution in [-0.4, -0.2) is 14.8 Å². The van der Waals surface area contributed by atoms with E-state index in [1.807, 2.05) is 43.3 Å². The van der Waals surface area contributed by atoms with Crippen molar-refractivity contribution in [1.82, 2.24) is 14.8 Å². The first-order valence-electron chi connectivity index (χ1n) is 5.61. The Hall–Kier alpha value is -2.67. The third-order valence-electron chi connectivity index (χ3n) is 2.83. The molecule has 0 bridgehead atoms. The van der Waals surface area contributed by atoms with Crippen LogP contribution in [-0.2, 0) is 0 Å². The Balaban J connectivity index is 2.33. The lowest BCUT2D eigenvalue weighted by molar-refractivity contribution is 0.877. The van der Waals surface area contributed by atoms with Gasteiger partial charge >= 0.3 is 0 Å². The lowest BCUT2D eigenvalue weighted by Gasteiger charge is -2.01. The smallest absolute Gasteiger partial charge is 0.164 e. The molecule has 0 spiro atoms. The number of pyridine rings is 1. The van der Waals surface area contributed by atoms with Crippen molar-refractivity contribution in [2.45, 2.75) is 6.92 Å². The van der Waals surface area contributed by atoms with Crippen LogP contribution in [0.2, 0.25) is 0 Å². The molecule has 0 unspecified atom stereocenters. The number of para-hydroxylation sites is 1. The first kappa shape index (κ1) is 10.5. The van der Waals surface area contributed by atoms with Gasteiger partial charge in [-0.25, -0.2) is 9.67 Å². The van der Waals surface area contributed by atoms with E-state index in [-0.39, 0.29) is 0 Å². The number of rotatable bonds is 1. The highest BCUT2D eigenvalue weighted by atomic mass is 15.3. The maximum Gasteiger partial charge on any atom is 0.164 e. The van der Waals surface area contributed by atoms with Crippen LogP contribution in [0, 0.1) is 18.3 Å². The maximum absolute atomic E-state index is 8.92. The molecule has 2 aromatic heterocycles. The van der Waals surface area contributed by atoms with Crippen molar-refractivity contribution in [3.8, 4) is 11.8 Å². The average molecular weight is 234 g/mol. The van der Waals surface area contributed by atoms with Crippen LogP contribution in [0.25, 0.3) is 16.7 Å². The summed E-state index contributed by atoms with van der Waals surface area (Å²) in [6.07, 6.45) is 0. The molecule has 0 aliphatic heterocycles. The van der Waals surface area contributed by atoms with E-state index in [4.69, 9.17) is 5.26 Å². The molecule has 0 fully saturated rings. The minimum absolute atomic E-state index is 0.402. The SMILES string of the molecule is Cc1nn(-c2ccccc2)c2nc(C#N)ccc12. The second kappa shape index (κ2) is 3.97. The second-order valence-electron chi connectivity index (χ2n) is 4.01.